The van der Waals surface area contributed by atoms with Crippen molar-refractivity contribution in [3.05, 3.63) is 41.6 Å². The molecule has 0 saturated carbocycles. The maximum absolute atomic E-state index is 11.7. The largest absolute Gasteiger partial charge is 0.383 e. The molecule has 0 spiro atoms. The Kier molecular flexibility index (Phi) is 3.32. The molecule has 1 amide bonds. The average molecular weight is 288 g/mol. The van der Waals surface area contributed by atoms with Crippen LogP contribution in [0.2, 0.25) is 5.15 Å². The van der Waals surface area contributed by atoms with Gasteiger partial charge in [0.25, 0.3) is 0 Å². The number of nitrogens with zero attached hydrogens (tertiary/aromatic N) is 2. The maximum atomic E-state index is 11.7. The molecule has 1 saturated heterocycles. The third kappa shape index (κ3) is 2.34. The number of carbonyl (C=O) groups is 1. The van der Waals surface area contributed by atoms with Gasteiger partial charge in [0, 0.05) is 24.2 Å². The van der Waals surface area contributed by atoms with Crippen molar-refractivity contribution in [1.29, 1.82) is 0 Å². The van der Waals surface area contributed by atoms with Crippen LogP contribution in [0.5, 0.6) is 0 Å². The smallest absolute Gasteiger partial charge is 0.227 e. The molecular weight excluding hydrogens is 274 g/mol. The van der Waals surface area contributed by atoms with Crippen LogP contribution in [-0.4, -0.2) is 17.4 Å². The van der Waals surface area contributed by atoms with Crippen LogP contribution < -0.4 is 10.6 Å². The summed E-state index contributed by atoms with van der Waals surface area (Å²) in [5.41, 5.74) is 8.60. The summed E-state index contributed by atoms with van der Waals surface area (Å²) < 4.78 is 0. The van der Waals surface area contributed by atoms with Crippen molar-refractivity contribution in [2.75, 3.05) is 17.2 Å². The zero-order chi connectivity index (χ0) is 14.1. The van der Waals surface area contributed by atoms with Gasteiger partial charge in [0.15, 0.2) is 0 Å². The van der Waals surface area contributed by atoms with Gasteiger partial charge >= 0.3 is 0 Å². The van der Waals surface area contributed by atoms with E-state index in [9.17, 15) is 4.79 Å². The topological polar surface area (TPSA) is 59.2 Å². The fourth-order valence-electron chi connectivity index (χ4n) is 2.44. The Morgan fingerprint density at radius 3 is 2.50 bits per heavy atom. The first-order chi connectivity index (χ1) is 9.65. The number of aromatic nitrogens is 1. The monoisotopic (exact) mass is 287 g/mol. The number of halogens is 1. The summed E-state index contributed by atoms with van der Waals surface area (Å²) in [4.78, 5) is 17.6. The Labute approximate surface area is 122 Å². The molecule has 1 aliphatic heterocycles. The lowest BCUT2D eigenvalue weighted by molar-refractivity contribution is -0.117. The molecule has 2 heterocycles. The predicted octanol–water partition coefficient (Wildman–Crippen LogP) is 3.11. The average Bonchev–Trinajstić information content (AvgIpc) is 2.85. The zero-order valence-electron chi connectivity index (χ0n) is 10.8. The molecule has 1 aromatic heterocycles. The van der Waals surface area contributed by atoms with Gasteiger partial charge in [-0.15, -0.1) is 0 Å². The fourth-order valence-corrected chi connectivity index (χ4v) is 2.59. The maximum Gasteiger partial charge on any atom is 0.227 e. The minimum atomic E-state index is 0.186. The molecule has 0 aliphatic carbocycles. The van der Waals surface area contributed by atoms with E-state index in [0.29, 0.717) is 17.4 Å². The van der Waals surface area contributed by atoms with Crippen LogP contribution in [0.1, 0.15) is 12.8 Å². The van der Waals surface area contributed by atoms with Gasteiger partial charge in [0.1, 0.15) is 11.0 Å². The fraction of sp³-hybridized carbons (Fsp3) is 0.200. The lowest BCUT2D eigenvalue weighted by Gasteiger charge is -2.16. The molecule has 0 bridgehead atoms. The van der Waals surface area contributed by atoms with Gasteiger partial charge in [0.2, 0.25) is 5.91 Å². The Morgan fingerprint density at radius 1 is 1.15 bits per heavy atom. The van der Waals surface area contributed by atoms with E-state index in [1.165, 1.54) is 0 Å². The summed E-state index contributed by atoms with van der Waals surface area (Å²) in [6, 6.07) is 11.3. The van der Waals surface area contributed by atoms with Crippen LogP contribution in [0, 0.1) is 0 Å². The second-order valence-electron chi connectivity index (χ2n) is 4.76. The predicted molar refractivity (Wildman–Crippen MR) is 80.7 cm³/mol. The minimum Gasteiger partial charge on any atom is -0.383 e. The van der Waals surface area contributed by atoms with E-state index in [4.69, 9.17) is 17.3 Å². The SMILES string of the molecule is Nc1nc(Cl)ccc1-c1ccc(N2CCCC2=O)cc1. The van der Waals surface area contributed by atoms with Gasteiger partial charge in [-0.25, -0.2) is 4.98 Å². The molecular formula is C15H14ClN3O. The van der Waals surface area contributed by atoms with Crippen LogP contribution in [0.25, 0.3) is 11.1 Å². The number of nitrogens with two attached hydrogens (primary N) is 1. The minimum absolute atomic E-state index is 0.186. The number of hydrogen-bond acceptors (Lipinski definition) is 3. The van der Waals surface area contributed by atoms with Crippen molar-refractivity contribution in [2.45, 2.75) is 12.8 Å². The Hall–Kier alpha value is -2.07. The highest BCUT2D eigenvalue weighted by atomic mass is 35.5. The zero-order valence-corrected chi connectivity index (χ0v) is 11.6. The summed E-state index contributed by atoms with van der Waals surface area (Å²) in [6.07, 6.45) is 1.56. The first kappa shape index (κ1) is 12.9. The summed E-state index contributed by atoms with van der Waals surface area (Å²) in [6.45, 7) is 0.794. The molecule has 5 heteroatoms. The lowest BCUT2D eigenvalue weighted by atomic mass is 10.1. The van der Waals surface area contributed by atoms with Crippen LogP contribution in [0.15, 0.2) is 36.4 Å². The first-order valence-corrected chi connectivity index (χ1v) is 6.86. The van der Waals surface area contributed by atoms with Crippen LogP contribution in [-0.2, 0) is 4.79 Å². The summed E-state index contributed by atoms with van der Waals surface area (Å²) in [5, 5.41) is 0.380. The normalized spacial score (nSPS) is 14.8. The van der Waals surface area contributed by atoms with Gasteiger partial charge in [-0.2, -0.15) is 0 Å². The molecule has 0 atom stereocenters. The quantitative estimate of drug-likeness (QED) is 0.864. The van der Waals surface area contributed by atoms with Gasteiger partial charge < -0.3 is 10.6 Å². The summed E-state index contributed by atoms with van der Waals surface area (Å²) >= 11 is 5.80. The molecule has 0 unspecified atom stereocenters. The van der Waals surface area contributed by atoms with Gasteiger partial charge in [0.05, 0.1) is 0 Å². The number of carbonyl (C=O) groups excluding carboxylic acids is 1. The molecule has 20 heavy (non-hydrogen) atoms. The highest BCUT2D eigenvalue weighted by Gasteiger charge is 2.21. The van der Waals surface area contributed by atoms with E-state index in [1.807, 2.05) is 35.2 Å². The number of hydrogen-bond donors (Lipinski definition) is 1. The van der Waals surface area contributed by atoms with Crippen molar-refractivity contribution >= 4 is 29.0 Å². The van der Waals surface area contributed by atoms with E-state index in [2.05, 4.69) is 4.98 Å². The van der Waals surface area contributed by atoms with Crippen LogP contribution >= 0.6 is 11.6 Å². The Balaban J connectivity index is 1.91. The van der Waals surface area contributed by atoms with Gasteiger partial charge in [-0.3, -0.25) is 4.79 Å². The molecule has 2 aromatic rings. The molecule has 2 N–H and O–H groups in total. The summed E-state index contributed by atoms with van der Waals surface area (Å²) in [7, 11) is 0. The number of amides is 1. The van der Waals surface area contributed by atoms with E-state index >= 15 is 0 Å². The van der Waals surface area contributed by atoms with Crippen molar-refractivity contribution in [3.63, 3.8) is 0 Å². The van der Waals surface area contributed by atoms with Crippen LogP contribution in [0.3, 0.4) is 0 Å². The van der Waals surface area contributed by atoms with E-state index < -0.39 is 0 Å². The second kappa shape index (κ2) is 5.13. The first-order valence-electron chi connectivity index (χ1n) is 6.48. The number of pyridine rings is 1. The Bertz CT molecular complexity index is 655. The third-order valence-corrected chi connectivity index (χ3v) is 3.66. The summed E-state index contributed by atoms with van der Waals surface area (Å²) in [5.74, 6) is 0.591. The number of benzene rings is 1. The Morgan fingerprint density at radius 2 is 1.90 bits per heavy atom. The molecule has 1 fully saturated rings. The molecule has 102 valence electrons. The highest BCUT2D eigenvalue weighted by molar-refractivity contribution is 6.29. The van der Waals surface area contributed by atoms with Gasteiger partial charge in [-0.05, 0) is 36.2 Å². The third-order valence-electron chi connectivity index (χ3n) is 3.45. The molecule has 1 aromatic carbocycles. The number of nitrogen functional groups attached to an aromatic ring is 1. The van der Waals surface area contributed by atoms with Crippen molar-refractivity contribution in [1.82, 2.24) is 4.98 Å². The highest BCUT2D eigenvalue weighted by Crippen LogP contribution is 2.29. The van der Waals surface area contributed by atoms with Crippen molar-refractivity contribution in [3.8, 4) is 11.1 Å². The van der Waals surface area contributed by atoms with Crippen molar-refractivity contribution < 1.29 is 4.79 Å². The molecule has 0 radical (unpaired) electrons. The molecule has 4 nitrogen and oxygen atoms in total. The lowest BCUT2D eigenvalue weighted by Crippen LogP contribution is -2.23. The second-order valence-corrected chi connectivity index (χ2v) is 5.15. The molecule has 3 rings (SSSR count). The van der Waals surface area contributed by atoms with E-state index in [-0.39, 0.29) is 5.91 Å². The standard InChI is InChI=1S/C15H14ClN3O/c16-13-8-7-12(15(17)18-13)10-3-5-11(6-4-10)19-9-1-2-14(19)20/h3-8H,1-2,9H2,(H2,17,18). The van der Waals surface area contributed by atoms with Crippen LogP contribution in [0.4, 0.5) is 11.5 Å². The van der Waals surface area contributed by atoms with E-state index in [0.717, 1.165) is 29.8 Å². The van der Waals surface area contributed by atoms with E-state index in [1.54, 1.807) is 6.07 Å². The number of rotatable bonds is 2. The van der Waals surface area contributed by atoms with Crippen molar-refractivity contribution in [2.24, 2.45) is 0 Å². The number of anilines is 2. The molecule has 1 aliphatic rings. The van der Waals surface area contributed by atoms with Gasteiger partial charge in [-0.1, -0.05) is 23.7 Å².